The third-order valence-electron chi connectivity index (χ3n) is 6.97. The average molecular weight is 418 g/mol. The smallest absolute Gasteiger partial charge is 0.123 e. The Labute approximate surface area is 187 Å². The summed E-state index contributed by atoms with van der Waals surface area (Å²) in [5, 5.41) is 10.9. The molecule has 1 aliphatic carbocycles. The number of allylic oxidation sites excluding steroid dienone is 2. The quantitative estimate of drug-likeness (QED) is 0.593. The maximum absolute atomic E-state index is 10.9. The van der Waals surface area contributed by atoms with Gasteiger partial charge in [0.05, 0.1) is 0 Å². The molecule has 2 aliphatic rings. The van der Waals surface area contributed by atoms with E-state index in [9.17, 15) is 5.11 Å². The Hall–Kier alpha value is -2.52. The van der Waals surface area contributed by atoms with Crippen LogP contribution in [0.1, 0.15) is 61.3 Å². The highest BCUT2D eigenvalue weighted by molar-refractivity contribution is 5.55. The van der Waals surface area contributed by atoms with Crippen LogP contribution in [0.5, 0.6) is 11.5 Å². The molecule has 4 rings (SSSR count). The van der Waals surface area contributed by atoms with Gasteiger partial charge >= 0.3 is 0 Å². The van der Waals surface area contributed by atoms with Gasteiger partial charge in [-0.15, -0.1) is 0 Å². The molecule has 0 aromatic heterocycles. The summed E-state index contributed by atoms with van der Waals surface area (Å²) in [7, 11) is 4.19. The zero-order valence-electron chi connectivity index (χ0n) is 19.5. The Morgan fingerprint density at radius 1 is 1.16 bits per heavy atom. The number of ether oxygens (including phenoxy) is 1. The lowest BCUT2D eigenvalue weighted by molar-refractivity contribution is -0.000459. The number of hydrogen-bond acceptors (Lipinski definition) is 3. The highest BCUT2D eigenvalue weighted by atomic mass is 16.5. The number of phenols is 1. The normalized spacial score (nSPS) is 24.1. The van der Waals surface area contributed by atoms with Crippen LogP contribution in [0.4, 0.5) is 0 Å². The number of hydrogen-bond donors (Lipinski definition) is 1. The molecule has 0 saturated carbocycles. The number of benzene rings is 2. The van der Waals surface area contributed by atoms with Crippen molar-refractivity contribution >= 4 is 6.08 Å². The minimum Gasteiger partial charge on any atom is -0.508 e. The first kappa shape index (κ1) is 21.7. The Bertz CT molecular complexity index is 1020. The van der Waals surface area contributed by atoms with E-state index in [0.29, 0.717) is 11.7 Å². The van der Waals surface area contributed by atoms with E-state index >= 15 is 0 Å². The molecule has 1 heterocycles. The van der Waals surface area contributed by atoms with E-state index in [1.165, 1.54) is 16.7 Å². The number of fused-ring (bicyclic) bond motifs is 3. The van der Waals surface area contributed by atoms with Gasteiger partial charge in [0.25, 0.3) is 0 Å². The summed E-state index contributed by atoms with van der Waals surface area (Å²) >= 11 is 0. The van der Waals surface area contributed by atoms with E-state index in [0.717, 1.165) is 36.3 Å². The molecule has 0 amide bonds. The topological polar surface area (TPSA) is 32.7 Å². The minimum atomic E-state index is -0.346. The van der Waals surface area contributed by atoms with Crippen LogP contribution in [0.25, 0.3) is 6.08 Å². The van der Waals surface area contributed by atoms with Crippen molar-refractivity contribution in [3.8, 4) is 11.5 Å². The number of nitrogens with zero attached hydrogens (tertiary/aromatic N) is 1. The van der Waals surface area contributed by atoms with Crippen molar-refractivity contribution in [2.45, 2.75) is 51.0 Å². The lowest BCUT2D eigenvalue weighted by atomic mass is 9.61. The van der Waals surface area contributed by atoms with Gasteiger partial charge in [0, 0.05) is 23.9 Å². The van der Waals surface area contributed by atoms with Crippen LogP contribution in [0.2, 0.25) is 0 Å². The van der Waals surface area contributed by atoms with Gasteiger partial charge in [-0.05, 0) is 88.5 Å². The second-order valence-electron chi connectivity index (χ2n) is 10.0. The SMILES string of the molecule is C=Cc1ccc2c(c1)C1CC(C)=CC(c3cc(CCN(C)C)ccc3O)C1C(C)(C)O2. The van der Waals surface area contributed by atoms with Gasteiger partial charge in [0.1, 0.15) is 17.1 Å². The zero-order valence-corrected chi connectivity index (χ0v) is 19.5. The van der Waals surface area contributed by atoms with Crippen LogP contribution < -0.4 is 4.74 Å². The van der Waals surface area contributed by atoms with Gasteiger partial charge in [-0.2, -0.15) is 0 Å². The third-order valence-corrected chi connectivity index (χ3v) is 6.97. The molecular weight excluding hydrogens is 382 g/mol. The number of aromatic hydroxyl groups is 1. The molecule has 1 N–H and O–H groups in total. The highest BCUT2D eigenvalue weighted by Crippen LogP contribution is 2.56. The van der Waals surface area contributed by atoms with Crippen LogP contribution in [-0.2, 0) is 6.42 Å². The van der Waals surface area contributed by atoms with E-state index in [1.807, 2.05) is 18.2 Å². The Kier molecular flexibility index (Phi) is 5.74. The van der Waals surface area contributed by atoms with Gasteiger partial charge in [-0.25, -0.2) is 0 Å². The molecule has 31 heavy (non-hydrogen) atoms. The highest BCUT2D eigenvalue weighted by Gasteiger charge is 2.49. The van der Waals surface area contributed by atoms with Crippen molar-refractivity contribution < 1.29 is 9.84 Å². The molecule has 3 atom stereocenters. The summed E-state index contributed by atoms with van der Waals surface area (Å²) in [6.45, 7) is 11.6. The van der Waals surface area contributed by atoms with E-state index < -0.39 is 0 Å². The lowest BCUT2D eigenvalue weighted by Gasteiger charge is -2.50. The molecule has 0 fully saturated rings. The third kappa shape index (κ3) is 4.16. The van der Waals surface area contributed by atoms with Crippen LogP contribution in [-0.4, -0.2) is 36.2 Å². The molecule has 0 radical (unpaired) electrons. The first-order valence-corrected chi connectivity index (χ1v) is 11.3. The summed E-state index contributed by atoms with van der Waals surface area (Å²) in [4.78, 5) is 2.19. The average Bonchev–Trinajstić information content (AvgIpc) is 2.71. The Morgan fingerprint density at radius 3 is 2.65 bits per heavy atom. The van der Waals surface area contributed by atoms with Gasteiger partial charge in [0.2, 0.25) is 0 Å². The number of rotatable bonds is 5. The molecule has 0 spiro atoms. The van der Waals surface area contributed by atoms with Crippen molar-refractivity contribution in [1.29, 1.82) is 0 Å². The van der Waals surface area contributed by atoms with Crippen molar-refractivity contribution in [2.24, 2.45) is 5.92 Å². The summed E-state index contributed by atoms with van der Waals surface area (Å²) in [5.74, 6) is 2.05. The Balaban J connectivity index is 1.80. The largest absolute Gasteiger partial charge is 0.508 e. The maximum Gasteiger partial charge on any atom is 0.123 e. The zero-order chi connectivity index (χ0) is 22.3. The summed E-state index contributed by atoms with van der Waals surface area (Å²) in [5.41, 5.74) is 5.70. The van der Waals surface area contributed by atoms with Crippen LogP contribution in [0.3, 0.4) is 0 Å². The standard InChI is InChI=1S/C28H35NO2/c1-7-19-9-11-26-22(16-19)24-15-18(2)14-23(27(24)28(3,4)31-26)21-17-20(8-10-25(21)30)12-13-29(5)6/h7-11,14,16-17,23-24,27,30H,1,12-13,15H2,2-6H3. The summed E-state index contributed by atoms with van der Waals surface area (Å²) < 4.78 is 6.57. The number of likely N-dealkylation sites (N-methyl/N-ethyl adjacent to an activating group) is 1. The molecule has 3 nitrogen and oxygen atoms in total. The first-order valence-electron chi connectivity index (χ1n) is 11.3. The van der Waals surface area contributed by atoms with Crippen molar-refractivity contribution in [3.63, 3.8) is 0 Å². The second-order valence-corrected chi connectivity index (χ2v) is 10.0. The molecule has 2 aromatic carbocycles. The molecular formula is C28H35NO2. The molecule has 2 aromatic rings. The van der Waals surface area contributed by atoms with Gasteiger partial charge in [0.15, 0.2) is 0 Å². The predicted octanol–water partition coefficient (Wildman–Crippen LogP) is 6.14. The minimum absolute atomic E-state index is 0.105. The summed E-state index contributed by atoms with van der Waals surface area (Å²) in [6, 6.07) is 12.5. The monoisotopic (exact) mass is 417 g/mol. The molecule has 0 saturated heterocycles. The molecule has 0 bridgehead atoms. The van der Waals surface area contributed by atoms with Crippen LogP contribution in [0.15, 0.2) is 54.6 Å². The Morgan fingerprint density at radius 2 is 1.94 bits per heavy atom. The lowest BCUT2D eigenvalue weighted by Crippen LogP contribution is -2.48. The van der Waals surface area contributed by atoms with E-state index in [-0.39, 0.29) is 17.4 Å². The second kappa shape index (κ2) is 8.20. The predicted molar refractivity (Wildman–Crippen MR) is 129 cm³/mol. The van der Waals surface area contributed by atoms with Crippen LogP contribution >= 0.6 is 0 Å². The summed E-state index contributed by atoms with van der Waals surface area (Å²) in [6.07, 6.45) is 6.25. The maximum atomic E-state index is 10.9. The van der Waals surface area contributed by atoms with E-state index in [4.69, 9.17) is 4.74 Å². The molecule has 3 heteroatoms. The van der Waals surface area contributed by atoms with Gasteiger partial charge < -0.3 is 14.7 Å². The fourth-order valence-corrected chi connectivity index (χ4v) is 5.51. The molecule has 3 unspecified atom stereocenters. The van der Waals surface area contributed by atoms with Gasteiger partial charge in [-0.1, -0.05) is 42.5 Å². The van der Waals surface area contributed by atoms with Crippen molar-refractivity contribution in [2.75, 3.05) is 20.6 Å². The molecule has 1 aliphatic heterocycles. The van der Waals surface area contributed by atoms with Crippen molar-refractivity contribution in [1.82, 2.24) is 4.90 Å². The fourth-order valence-electron chi connectivity index (χ4n) is 5.51. The van der Waals surface area contributed by atoms with Crippen molar-refractivity contribution in [3.05, 3.63) is 76.9 Å². The fraction of sp³-hybridized carbons (Fsp3) is 0.429. The molecule has 164 valence electrons. The number of phenolic OH excluding ortho intramolecular Hbond substituents is 1. The van der Waals surface area contributed by atoms with E-state index in [1.54, 1.807) is 0 Å². The van der Waals surface area contributed by atoms with E-state index in [2.05, 4.69) is 76.7 Å². The first-order chi connectivity index (χ1) is 14.7. The van der Waals surface area contributed by atoms with Gasteiger partial charge in [-0.3, -0.25) is 0 Å². The van der Waals surface area contributed by atoms with Crippen LogP contribution in [0, 0.1) is 5.92 Å².